The van der Waals surface area contributed by atoms with Gasteiger partial charge in [0.25, 0.3) is 0 Å². The SMILES string of the molecule is FC(F)(F)C1=C(C2CC2)C=CCC1. The van der Waals surface area contributed by atoms with Crippen molar-refractivity contribution < 1.29 is 13.2 Å². The van der Waals surface area contributed by atoms with Crippen LogP contribution >= 0.6 is 0 Å². The molecule has 0 saturated heterocycles. The van der Waals surface area contributed by atoms with Crippen LogP contribution in [-0.2, 0) is 0 Å². The Balaban J connectivity index is 2.32. The number of hydrogen-bond acceptors (Lipinski definition) is 0. The van der Waals surface area contributed by atoms with E-state index in [9.17, 15) is 13.2 Å². The molecule has 1 saturated carbocycles. The Morgan fingerprint density at radius 2 is 1.92 bits per heavy atom. The fraction of sp³-hybridized carbons (Fsp3) is 0.600. The zero-order valence-electron chi connectivity index (χ0n) is 7.19. The summed E-state index contributed by atoms with van der Waals surface area (Å²) >= 11 is 0. The van der Waals surface area contributed by atoms with Crippen LogP contribution in [0, 0.1) is 5.92 Å². The summed E-state index contributed by atoms with van der Waals surface area (Å²) in [5, 5.41) is 0. The minimum atomic E-state index is -4.11. The van der Waals surface area contributed by atoms with Gasteiger partial charge in [0.2, 0.25) is 0 Å². The van der Waals surface area contributed by atoms with Crippen molar-refractivity contribution in [2.24, 2.45) is 5.92 Å². The molecule has 0 heterocycles. The van der Waals surface area contributed by atoms with Crippen molar-refractivity contribution in [1.82, 2.24) is 0 Å². The summed E-state index contributed by atoms with van der Waals surface area (Å²) in [6, 6.07) is 0. The lowest BCUT2D eigenvalue weighted by molar-refractivity contribution is -0.0950. The molecule has 0 spiro atoms. The first-order valence-corrected chi connectivity index (χ1v) is 4.56. The first-order chi connectivity index (χ1) is 6.09. The molecule has 2 aliphatic rings. The van der Waals surface area contributed by atoms with Gasteiger partial charge >= 0.3 is 6.18 Å². The number of hydrogen-bond donors (Lipinski definition) is 0. The Hall–Kier alpha value is -0.730. The van der Waals surface area contributed by atoms with Crippen molar-refractivity contribution in [3.05, 3.63) is 23.3 Å². The number of halogens is 3. The average Bonchev–Trinajstić information content (AvgIpc) is 2.85. The second-order valence-corrected chi connectivity index (χ2v) is 3.65. The number of rotatable bonds is 1. The third kappa shape index (κ3) is 1.79. The molecule has 0 aromatic heterocycles. The van der Waals surface area contributed by atoms with Gasteiger partial charge in [-0.1, -0.05) is 12.2 Å². The molecule has 13 heavy (non-hydrogen) atoms. The second kappa shape index (κ2) is 2.89. The second-order valence-electron chi connectivity index (χ2n) is 3.65. The van der Waals surface area contributed by atoms with Gasteiger partial charge in [0.15, 0.2) is 0 Å². The number of allylic oxidation sites excluding steroid dienone is 4. The molecule has 0 atom stereocenters. The van der Waals surface area contributed by atoms with Gasteiger partial charge in [0.05, 0.1) is 0 Å². The van der Waals surface area contributed by atoms with Crippen molar-refractivity contribution in [3.8, 4) is 0 Å². The highest BCUT2D eigenvalue weighted by molar-refractivity contribution is 5.36. The van der Waals surface area contributed by atoms with Gasteiger partial charge in [-0.2, -0.15) is 13.2 Å². The van der Waals surface area contributed by atoms with Crippen LogP contribution in [0.5, 0.6) is 0 Å². The molecular weight excluding hydrogens is 177 g/mol. The van der Waals surface area contributed by atoms with E-state index in [1.165, 1.54) is 0 Å². The van der Waals surface area contributed by atoms with Crippen LogP contribution in [-0.4, -0.2) is 6.18 Å². The molecule has 0 aliphatic heterocycles. The van der Waals surface area contributed by atoms with Crippen LogP contribution in [0.3, 0.4) is 0 Å². The van der Waals surface area contributed by atoms with E-state index in [0.29, 0.717) is 12.0 Å². The Morgan fingerprint density at radius 1 is 1.23 bits per heavy atom. The molecule has 0 N–H and O–H groups in total. The van der Waals surface area contributed by atoms with E-state index >= 15 is 0 Å². The molecule has 0 amide bonds. The van der Waals surface area contributed by atoms with Gasteiger partial charge in [-0.05, 0) is 37.2 Å². The lowest BCUT2D eigenvalue weighted by Gasteiger charge is -2.18. The molecule has 1 fully saturated rings. The first kappa shape index (κ1) is 8.85. The molecule has 72 valence electrons. The Morgan fingerprint density at radius 3 is 2.46 bits per heavy atom. The smallest absolute Gasteiger partial charge is 0.166 e. The van der Waals surface area contributed by atoms with Gasteiger partial charge in [-0.3, -0.25) is 0 Å². The van der Waals surface area contributed by atoms with Crippen molar-refractivity contribution in [3.63, 3.8) is 0 Å². The zero-order chi connectivity index (χ0) is 9.47. The maximum Gasteiger partial charge on any atom is 0.412 e. The van der Waals surface area contributed by atoms with Gasteiger partial charge < -0.3 is 0 Å². The van der Waals surface area contributed by atoms with E-state index in [-0.39, 0.29) is 17.9 Å². The van der Waals surface area contributed by atoms with E-state index in [4.69, 9.17) is 0 Å². The third-order valence-electron chi connectivity index (χ3n) is 2.57. The van der Waals surface area contributed by atoms with E-state index in [1.807, 2.05) is 6.08 Å². The van der Waals surface area contributed by atoms with Crippen LogP contribution in [0.4, 0.5) is 13.2 Å². The minimum Gasteiger partial charge on any atom is -0.166 e. The molecule has 0 bridgehead atoms. The van der Waals surface area contributed by atoms with Crippen molar-refractivity contribution in [2.45, 2.75) is 31.9 Å². The summed E-state index contributed by atoms with van der Waals surface area (Å²) in [5.74, 6) is 0.202. The molecule has 0 unspecified atom stereocenters. The molecule has 0 aromatic carbocycles. The molecule has 0 nitrogen and oxygen atoms in total. The van der Waals surface area contributed by atoms with Crippen LogP contribution in [0.1, 0.15) is 25.7 Å². The normalized spacial score (nSPS) is 23.9. The zero-order valence-corrected chi connectivity index (χ0v) is 7.19. The van der Waals surface area contributed by atoms with Gasteiger partial charge in [0, 0.05) is 5.57 Å². The highest BCUT2D eigenvalue weighted by Gasteiger charge is 2.39. The highest BCUT2D eigenvalue weighted by Crippen LogP contribution is 2.45. The maximum absolute atomic E-state index is 12.5. The van der Waals surface area contributed by atoms with Gasteiger partial charge in [0.1, 0.15) is 0 Å². The molecule has 3 heteroatoms. The summed E-state index contributed by atoms with van der Waals surface area (Å²) in [5.41, 5.74) is 0.274. The monoisotopic (exact) mass is 188 g/mol. The molecular formula is C10H11F3. The summed E-state index contributed by atoms with van der Waals surface area (Å²) in [6.45, 7) is 0. The summed E-state index contributed by atoms with van der Waals surface area (Å²) in [6.07, 6.45) is 1.98. The summed E-state index contributed by atoms with van der Waals surface area (Å²) in [7, 11) is 0. The first-order valence-electron chi connectivity index (χ1n) is 4.56. The van der Waals surface area contributed by atoms with Crippen LogP contribution in [0.15, 0.2) is 23.3 Å². The largest absolute Gasteiger partial charge is 0.412 e. The minimum absolute atomic E-state index is 0.172. The van der Waals surface area contributed by atoms with Crippen LogP contribution in [0.25, 0.3) is 0 Å². The lowest BCUT2D eigenvalue weighted by atomic mass is 9.94. The number of alkyl halides is 3. The summed E-state index contributed by atoms with van der Waals surface area (Å²) in [4.78, 5) is 0. The van der Waals surface area contributed by atoms with E-state index in [1.54, 1.807) is 6.08 Å². The average molecular weight is 188 g/mol. The molecule has 2 aliphatic carbocycles. The van der Waals surface area contributed by atoms with Gasteiger partial charge in [-0.15, -0.1) is 0 Å². The Labute approximate surface area is 75.1 Å². The fourth-order valence-corrected chi connectivity index (χ4v) is 1.77. The summed E-state index contributed by atoms with van der Waals surface area (Å²) < 4.78 is 37.5. The Bertz CT molecular complexity index is 266. The van der Waals surface area contributed by atoms with Crippen molar-refractivity contribution >= 4 is 0 Å². The van der Waals surface area contributed by atoms with Crippen molar-refractivity contribution in [2.75, 3.05) is 0 Å². The van der Waals surface area contributed by atoms with Crippen molar-refractivity contribution in [1.29, 1.82) is 0 Å². The predicted molar refractivity (Wildman–Crippen MR) is 44.2 cm³/mol. The fourth-order valence-electron chi connectivity index (χ4n) is 1.77. The predicted octanol–water partition coefficient (Wildman–Crippen LogP) is 3.61. The van der Waals surface area contributed by atoms with Gasteiger partial charge in [-0.25, -0.2) is 0 Å². The van der Waals surface area contributed by atoms with Crippen LogP contribution in [0.2, 0.25) is 0 Å². The third-order valence-corrected chi connectivity index (χ3v) is 2.57. The Kier molecular flexibility index (Phi) is 1.97. The van der Waals surface area contributed by atoms with Crippen LogP contribution < -0.4 is 0 Å². The molecule has 0 aromatic rings. The van der Waals surface area contributed by atoms with E-state index in [0.717, 1.165) is 12.8 Å². The van der Waals surface area contributed by atoms with E-state index in [2.05, 4.69) is 0 Å². The topological polar surface area (TPSA) is 0 Å². The molecule has 2 rings (SSSR count). The quantitative estimate of drug-likeness (QED) is 0.589. The van der Waals surface area contributed by atoms with E-state index < -0.39 is 6.18 Å². The standard InChI is InChI=1S/C10H11F3/c11-10(12,13)9-4-2-1-3-8(9)7-5-6-7/h1,3,7H,2,4-6H2. The molecule has 0 radical (unpaired) electrons. The lowest BCUT2D eigenvalue weighted by Crippen LogP contribution is -2.16. The maximum atomic E-state index is 12.5. The highest BCUT2D eigenvalue weighted by atomic mass is 19.4.